The molecule has 0 spiro atoms. The summed E-state index contributed by atoms with van der Waals surface area (Å²) in [6.45, 7) is 3.83. The predicted molar refractivity (Wildman–Crippen MR) is 113 cm³/mol. The fourth-order valence-corrected chi connectivity index (χ4v) is 3.49. The van der Waals surface area contributed by atoms with Crippen LogP contribution < -0.4 is 10.1 Å². The van der Waals surface area contributed by atoms with Crippen molar-refractivity contribution in [2.45, 2.75) is 26.3 Å². The third kappa shape index (κ3) is 5.38. The minimum absolute atomic E-state index is 0.0213. The number of nitrogens with zero attached hydrogens (tertiary/aromatic N) is 3. The zero-order valence-corrected chi connectivity index (χ0v) is 17.4. The van der Waals surface area contributed by atoms with Crippen LogP contribution >= 0.6 is 11.6 Å². The van der Waals surface area contributed by atoms with Crippen LogP contribution in [0.3, 0.4) is 0 Å². The zero-order chi connectivity index (χ0) is 20.8. The van der Waals surface area contributed by atoms with E-state index in [1.807, 2.05) is 13.1 Å². The van der Waals surface area contributed by atoms with Crippen molar-refractivity contribution >= 4 is 35.2 Å². The predicted octanol–water partition coefficient (Wildman–Crippen LogP) is 3.46. The van der Waals surface area contributed by atoms with Gasteiger partial charge in [-0.15, -0.1) is 0 Å². The van der Waals surface area contributed by atoms with E-state index in [0.29, 0.717) is 42.4 Å². The first-order valence-electron chi connectivity index (χ1n) is 9.64. The smallest absolute Gasteiger partial charge is 0.246 e. The standard InChI is InChI=1S/C21H25ClN4O3/c1-3-26-14-18(13-23-26)24-21(28)15-8-10-25(11-9-15)20(27)7-4-16-12-17(22)5-6-19(16)29-2/h4-7,12-15H,3,8-11H2,1-2H3,(H,24,28)/b7-4+. The number of hydrogen-bond donors (Lipinski definition) is 1. The minimum atomic E-state index is -0.110. The summed E-state index contributed by atoms with van der Waals surface area (Å²) in [5.74, 6) is 0.434. The zero-order valence-electron chi connectivity index (χ0n) is 16.6. The molecule has 1 aromatic carbocycles. The molecule has 0 saturated carbocycles. The lowest BCUT2D eigenvalue weighted by Crippen LogP contribution is -2.40. The van der Waals surface area contributed by atoms with Gasteiger partial charge in [-0.1, -0.05) is 11.6 Å². The second kappa shape index (κ2) is 9.60. The van der Waals surface area contributed by atoms with E-state index in [1.54, 1.807) is 47.2 Å². The van der Waals surface area contributed by atoms with Gasteiger partial charge in [-0.3, -0.25) is 14.3 Å². The van der Waals surface area contributed by atoms with Crippen LogP contribution in [-0.2, 0) is 16.1 Å². The largest absolute Gasteiger partial charge is 0.496 e. The summed E-state index contributed by atoms with van der Waals surface area (Å²) in [4.78, 5) is 26.7. The van der Waals surface area contributed by atoms with Gasteiger partial charge in [-0.25, -0.2) is 0 Å². The van der Waals surface area contributed by atoms with Crippen LogP contribution in [0.1, 0.15) is 25.3 Å². The lowest BCUT2D eigenvalue weighted by Gasteiger charge is -2.30. The number of anilines is 1. The summed E-state index contributed by atoms with van der Waals surface area (Å²) in [5.41, 5.74) is 1.45. The van der Waals surface area contributed by atoms with Gasteiger partial charge >= 0.3 is 0 Å². The van der Waals surface area contributed by atoms with Crippen LogP contribution in [0.2, 0.25) is 5.02 Å². The number of amides is 2. The number of halogens is 1. The highest BCUT2D eigenvalue weighted by Gasteiger charge is 2.26. The minimum Gasteiger partial charge on any atom is -0.496 e. The molecule has 154 valence electrons. The molecule has 1 aliphatic heterocycles. The maximum atomic E-state index is 12.5. The maximum absolute atomic E-state index is 12.5. The molecular formula is C21H25ClN4O3. The number of methoxy groups -OCH3 is 1. The topological polar surface area (TPSA) is 76.5 Å². The van der Waals surface area contributed by atoms with Crippen LogP contribution in [0.25, 0.3) is 6.08 Å². The van der Waals surface area contributed by atoms with E-state index >= 15 is 0 Å². The van der Waals surface area contributed by atoms with Gasteiger partial charge in [0, 0.05) is 48.4 Å². The molecule has 2 amide bonds. The average Bonchev–Trinajstić information content (AvgIpc) is 3.19. The summed E-state index contributed by atoms with van der Waals surface area (Å²) in [5, 5.41) is 7.64. The lowest BCUT2D eigenvalue weighted by atomic mass is 9.95. The van der Waals surface area contributed by atoms with Gasteiger partial charge in [0.25, 0.3) is 0 Å². The molecule has 1 aromatic heterocycles. The molecule has 1 saturated heterocycles. The summed E-state index contributed by atoms with van der Waals surface area (Å²) in [7, 11) is 1.57. The van der Waals surface area contributed by atoms with E-state index in [-0.39, 0.29) is 17.7 Å². The van der Waals surface area contributed by atoms with Crippen LogP contribution in [0.4, 0.5) is 5.69 Å². The number of aryl methyl sites for hydroxylation is 1. The van der Waals surface area contributed by atoms with E-state index in [2.05, 4.69) is 10.4 Å². The molecule has 2 aromatic rings. The van der Waals surface area contributed by atoms with Crippen molar-refractivity contribution in [1.29, 1.82) is 0 Å². The number of nitrogens with one attached hydrogen (secondary N) is 1. The van der Waals surface area contributed by atoms with E-state index in [9.17, 15) is 9.59 Å². The maximum Gasteiger partial charge on any atom is 0.246 e. The number of benzene rings is 1. The highest BCUT2D eigenvalue weighted by molar-refractivity contribution is 6.30. The van der Waals surface area contributed by atoms with E-state index in [1.165, 1.54) is 6.08 Å². The van der Waals surface area contributed by atoms with Crippen molar-refractivity contribution in [3.8, 4) is 5.75 Å². The summed E-state index contributed by atoms with van der Waals surface area (Å²) >= 11 is 6.02. The third-order valence-electron chi connectivity index (χ3n) is 5.00. The first-order chi connectivity index (χ1) is 14.0. The van der Waals surface area contributed by atoms with Crippen molar-refractivity contribution in [3.63, 3.8) is 0 Å². The molecule has 0 unspecified atom stereocenters. The number of hydrogen-bond acceptors (Lipinski definition) is 4. The first kappa shape index (κ1) is 20.9. The highest BCUT2D eigenvalue weighted by atomic mass is 35.5. The Bertz CT molecular complexity index is 901. The van der Waals surface area contributed by atoms with Gasteiger partial charge in [0.2, 0.25) is 11.8 Å². The summed E-state index contributed by atoms with van der Waals surface area (Å²) < 4.78 is 7.05. The van der Waals surface area contributed by atoms with Gasteiger partial charge in [-0.2, -0.15) is 5.10 Å². The van der Waals surface area contributed by atoms with Gasteiger partial charge in [0.05, 0.1) is 19.0 Å². The molecule has 0 atom stereocenters. The number of likely N-dealkylation sites (tertiary alicyclic amines) is 1. The Morgan fingerprint density at radius 3 is 2.76 bits per heavy atom. The van der Waals surface area contributed by atoms with Gasteiger partial charge in [-0.05, 0) is 44.0 Å². The molecule has 7 nitrogen and oxygen atoms in total. The number of carbonyl (C=O) groups is 2. The second-order valence-corrected chi connectivity index (χ2v) is 7.33. The molecule has 8 heteroatoms. The second-order valence-electron chi connectivity index (χ2n) is 6.89. The Morgan fingerprint density at radius 1 is 1.34 bits per heavy atom. The molecule has 0 radical (unpaired) electrons. The fraction of sp³-hybridized carbons (Fsp3) is 0.381. The Hall–Kier alpha value is -2.80. The molecule has 1 fully saturated rings. The number of carbonyl (C=O) groups excluding carboxylic acids is 2. The molecule has 0 bridgehead atoms. The Morgan fingerprint density at radius 2 is 2.10 bits per heavy atom. The SMILES string of the molecule is CCn1cc(NC(=O)C2CCN(C(=O)/C=C/c3cc(Cl)ccc3OC)CC2)cn1. The van der Waals surface area contributed by atoms with Crippen LogP contribution in [0.15, 0.2) is 36.7 Å². The number of rotatable bonds is 6. The lowest BCUT2D eigenvalue weighted by molar-refractivity contribution is -0.130. The number of ether oxygens (including phenoxy) is 1. The fourth-order valence-electron chi connectivity index (χ4n) is 3.31. The van der Waals surface area contributed by atoms with Gasteiger partial charge in [0.15, 0.2) is 0 Å². The molecule has 0 aliphatic carbocycles. The Balaban J connectivity index is 1.52. The molecule has 3 rings (SSSR count). The van der Waals surface area contributed by atoms with Gasteiger partial charge in [0.1, 0.15) is 5.75 Å². The quantitative estimate of drug-likeness (QED) is 0.731. The van der Waals surface area contributed by atoms with Crippen LogP contribution in [0.5, 0.6) is 5.75 Å². The molecule has 1 N–H and O–H groups in total. The van der Waals surface area contributed by atoms with Crippen molar-refractivity contribution in [3.05, 3.63) is 47.3 Å². The average molecular weight is 417 g/mol. The summed E-state index contributed by atoms with van der Waals surface area (Å²) in [6, 6.07) is 5.25. The van der Waals surface area contributed by atoms with Crippen molar-refractivity contribution in [1.82, 2.24) is 14.7 Å². The summed E-state index contributed by atoms with van der Waals surface area (Å²) in [6.07, 6.45) is 7.95. The monoisotopic (exact) mass is 416 g/mol. The first-order valence-corrected chi connectivity index (χ1v) is 10.0. The van der Waals surface area contributed by atoms with E-state index in [0.717, 1.165) is 12.1 Å². The molecule has 1 aliphatic rings. The number of aromatic nitrogens is 2. The highest BCUT2D eigenvalue weighted by Crippen LogP contribution is 2.24. The van der Waals surface area contributed by atoms with Crippen molar-refractivity contribution < 1.29 is 14.3 Å². The van der Waals surface area contributed by atoms with Crippen LogP contribution in [-0.4, -0.2) is 46.7 Å². The third-order valence-corrected chi connectivity index (χ3v) is 5.23. The molecule has 2 heterocycles. The van der Waals surface area contributed by atoms with E-state index < -0.39 is 0 Å². The molecular weight excluding hydrogens is 392 g/mol. The number of piperidine rings is 1. The van der Waals surface area contributed by atoms with Gasteiger partial charge < -0.3 is 15.0 Å². The normalized spacial score (nSPS) is 14.9. The van der Waals surface area contributed by atoms with Crippen molar-refractivity contribution in [2.75, 3.05) is 25.5 Å². The Labute approximate surface area is 175 Å². The van der Waals surface area contributed by atoms with Crippen molar-refractivity contribution in [2.24, 2.45) is 5.92 Å². The molecule has 29 heavy (non-hydrogen) atoms. The van der Waals surface area contributed by atoms with E-state index in [4.69, 9.17) is 16.3 Å². The van der Waals surface area contributed by atoms with Crippen LogP contribution in [0, 0.1) is 5.92 Å². The Kier molecular flexibility index (Phi) is 6.93.